The zero-order valence-corrected chi connectivity index (χ0v) is 16.8. The summed E-state index contributed by atoms with van der Waals surface area (Å²) in [5.74, 6) is 1.48. The number of nitrogens with one attached hydrogen (secondary N) is 2. The molecule has 0 aromatic heterocycles. The third-order valence-corrected chi connectivity index (χ3v) is 5.28. The van der Waals surface area contributed by atoms with Crippen LogP contribution in [0.3, 0.4) is 0 Å². The molecule has 5 heteroatoms. The van der Waals surface area contributed by atoms with Crippen molar-refractivity contribution in [3.05, 3.63) is 65.7 Å². The second-order valence-corrected chi connectivity index (χ2v) is 7.14. The highest BCUT2D eigenvalue weighted by Crippen LogP contribution is 2.21. The smallest absolute Gasteiger partial charge is 0.227 e. The number of nitrogens with zero attached hydrogens (tertiary/aromatic N) is 2. The molecular formula is C23H30N4O. The summed E-state index contributed by atoms with van der Waals surface area (Å²) in [5, 5.41) is 6.81. The average Bonchev–Trinajstić information content (AvgIpc) is 3.17. The molecule has 2 N–H and O–H groups in total. The number of aliphatic imine (C=N–C) groups is 1. The van der Waals surface area contributed by atoms with Gasteiger partial charge in [-0.05, 0) is 36.1 Å². The summed E-state index contributed by atoms with van der Waals surface area (Å²) >= 11 is 0. The normalized spacial score (nSPS) is 15.6. The van der Waals surface area contributed by atoms with Crippen LogP contribution >= 0.6 is 0 Å². The van der Waals surface area contributed by atoms with Crippen LogP contribution in [-0.4, -0.2) is 32.0 Å². The van der Waals surface area contributed by atoms with Crippen molar-refractivity contribution in [1.82, 2.24) is 10.6 Å². The van der Waals surface area contributed by atoms with Gasteiger partial charge in [0.2, 0.25) is 5.91 Å². The second kappa shape index (κ2) is 9.93. The number of guanidine groups is 1. The fourth-order valence-corrected chi connectivity index (χ4v) is 3.56. The molecular weight excluding hydrogens is 348 g/mol. The van der Waals surface area contributed by atoms with Gasteiger partial charge in [-0.1, -0.05) is 49.4 Å². The lowest BCUT2D eigenvalue weighted by Crippen LogP contribution is -2.38. The van der Waals surface area contributed by atoms with E-state index in [2.05, 4.69) is 65.0 Å². The molecule has 2 aromatic rings. The summed E-state index contributed by atoms with van der Waals surface area (Å²) in [6, 6.07) is 18.8. The van der Waals surface area contributed by atoms with Crippen molar-refractivity contribution in [2.75, 3.05) is 25.0 Å². The third-order valence-electron chi connectivity index (χ3n) is 5.28. The fraction of sp³-hybridized carbons (Fsp3) is 0.391. The Labute approximate surface area is 167 Å². The number of benzene rings is 2. The van der Waals surface area contributed by atoms with Crippen molar-refractivity contribution < 1.29 is 4.79 Å². The number of carbonyl (C=O) groups is 1. The van der Waals surface area contributed by atoms with Gasteiger partial charge in [0.15, 0.2) is 5.96 Å². The van der Waals surface area contributed by atoms with Crippen molar-refractivity contribution in [3.63, 3.8) is 0 Å². The highest BCUT2D eigenvalue weighted by molar-refractivity contribution is 5.95. The lowest BCUT2D eigenvalue weighted by molar-refractivity contribution is -0.117. The molecule has 0 radical (unpaired) electrons. The number of amides is 1. The molecule has 1 amide bonds. The molecule has 0 spiro atoms. The van der Waals surface area contributed by atoms with Crippen LogP contribution in [0.25, 0.3) is 0 Å². The second-order valence-electron chi connectivity index (χ2n) is 7.14. The van der Waals surface area contributed by atoms with Gasteiger partial charge in [0.25, 0.3) is 0 Å². The zero-order valence-electron chi connectivity index (χ0n) is 16.8. The van der Waals surface area contributed by atoms with E-state index in [0.717, 1.165) is 43.1 Å². The predicted octanol–water partition coefficient (Wildman–Crippen LogP) is 3.67. The molecule has 1 aliphatic heterocycles. The van der Waals surface area contributed by atoms with Gasteiger partial charge in [0, 0.05) is 44.7 Å². The number of hydrogen-bond donors (Lipinski definition) is 2. The molecule has 1 aliphatic rings. The standard InChI is InChI=1S/C23H30N4O/c1-3-19(20-8-5-4-6-9-20)17-26-23(24-2)25-16-18-11-13-21(14-12-18)27-15-7-10-22(27)28/h4-6,8-9,11-14,19H,3,7,10,15-17H2,1-2H3,(H2,24,25,26). The van der Waals surface area contributed by atoms with E-state index in [-0.39, 0.29) is 5.91 Å². The van der Waals surface area contributed by atoms with E-state index in [9.17, 15) is 4.79 Å². The van der Waals surface area contributed by atoms with E-state index < -0.39 is 0 Å². The first-order valence-corrected chi connectivity index (χ1v) is 10.1. The first-order chi connectivity index (χ1) is 13.7. The molecule has 0 aliphatic carbocycles. The molecule has 1 saturated heterocycles. The Hall–Kier alpha value is -2.82. The van der Waals surface area contributed by atoms with Crippen molar-refractivity contribution in [3.8, 4) is 0 Å². The summed E-state index contributed by atoms with van der Waals surface area (Å²) < 4.78 is 0. The molecule has 0 saturated carbocycles. The van der Waals surface area contributed by atoms with E-state index in [4.69, 9.17) is 0 Å². The highest BCUT2D eigenvalue weighted by atomic mass is 16.2. The SMILES string of the molecule is CCC(CNC(=NC)NCc1ccc(N2CCCC2=O)cc1)c1ccccc1. The minimum atomic E-state index is 0.222. The summed E-state index contributed by atoms with van der Waals surface area (Å²) in [6.45, 7) is 4.57. The van der Waals surface area contributed by atoms with Crippen LogP contribution in [0.2, 0.25) is 0 Å². The van der Waals surface area contributed by atoms with E-state index >= 15 is 0 Å². The fourth-order valence-electron chi connectivity index (χ4n) is 3.56. The van der Waals surface area contributed by atoms with E-state index in [1.165, 1.54) is 5.56 Å². The van der Waals surface area contributed by atoms with Crippen LogP contribution in [0.15, 0.2) is 59.6 Å². The average molecular weight is 379 g/mol. The van der Waals surface area contributed by atoms with Crippen LogP contribution in [0, 0.1) is 0 Å². The van der Waals surface area contributed by atoms with Crippen molar-refractivity contribution in [2.24, 2.45) is 4.99 Å². The molecule has 1 unspecified atom stereocenters. The van der Waals surface area contributed by atoms with Crippen LogP contribution in [0.5, 0.6) is 0 Å². The molecule has 1 fully saturated rings. The maximum absolute atomic E-state index is 11.9. The Balaban J connectivity index is 1.50. The van der Waals surface area contributed by atoms with Gasteiger partial charge < -0.3 is 15.5 Å². The molecule has 5 nitrogen and oxygen atoms in total. The zero-order chi connectivity index (χ0) is 19.8. The van der Waals surface area contributed by atoms with E-state index in [0.29, 0.717) is 18.9 Å². The molecule has 1 atom stereocenters. The lowest BCUT2D eigenvalue weighted by Gasteiger charge is -2.19. The largest absolute Gasteiger partial charge is 0.356 e. The Kier molecular flexibility index (Phi) is 7.06. The van der Waals surface area contributed by atoms with Gasteiger partial charge in [0.1, 0.15) is 0 Å². The summed E-state index contributed by atoms with van der Waals surface area (Å²) in [5.41, 5.74) is 3.50. The molecule has 2 aromatic carbocycles. The first-order valence-electron chi connectivity index (χ1n) is 10.1. The van der Waals surface area contributed by atoms with Crippen LogP contribution in [0.1, 0.15) is 43.2 Å². The van der Waals surface area contributed by atoms with Gasteiger partial charge in [-0.2, -0.15) is 0 Å². The van der Waals surface area contributed by atoms with Crippen LogP contribution < -0.4 is 15.5 Å². The lowest BCUT2D eigenvalue weighted by atomic mass is 9.97. The number of carbonyl (C=O) groups excluding carboxylic acids is 1. The molecule has 1 heterocycles. The minimum absolute atomic E-state index is 0.222. The minimum Gasteiger partial charge on any atom is -0.356 e. The van der Waals surface area contributed by atoms with Crippen LogP contribution in [0.4, 0.5) is 5.69 Å². The summed E-state index contributed by atoms with van der Waals surface area (Å²) in [6.07, 6.45) is 2.68. The molecule has 28 heavy (non-hydrogen) atoms. The van der Waals surface area contributed by atoms with Gasteiger partial charge in [-0.15, -0.1) is 0 Å². The summed E-state index contributed by atoms with van der Waals surface area (Å²) in [7, 11) is 1.79. The topological polar surface area (TPSA) is 56.7 Å². The number of anilines is 1. The molecule has 0 bridgehead atoms. The monoisotopic (exact) mass is 378 g/mol. The Morgan fingerprint density at radius 2 is 1.86 bits per heavy atom. The molecule has 148 valence electrons. The summed E-state index contributed by atoms with van der Waals surface area (Å²) in [4.78, 5) is 18.1. The maximum atomic E-state index is 11.9. The van der Waals surface area contributed by atoms with Gasteiger partial charge in [-0.3, -0.25) is 9.79 Å². The number of hydrogen-bond acceptors (Lipinski definition) is 2. The Morgan fingerprint density at radius 1 is 1.11 bits per heavy atom. The van der Waals surface area contributed by atoms with Gasteiger partial charge in [0.05, 0.1) is 0 Å². The Bertz CT molecular complexity index is 786. The van der Waals surface area contributed by atoms with Gasteiger partial charge in [-0.25, -0.2) is 0 Å². The van der Waals surface area contributed by atoms with Crippen molar-refractivity contribution in [2.45, 2.75) is 38.6 Å². The van der Waals surface area contributed by atoms with E-state index in [1.807, 2.05) is 17.0 Å². The first kappa shape index (κ1) is 19.9. The third kappa shape index (κ3) is 5.12. The highest BCUT2D eigenvalue weighted by Gasteiger charge is 2.21. The number of rotatable bonds is 7. The Morgan fingerprint density at radius 3 is 2.46 bits per heavy atom. The maximum Gasteiger partial charge on any atom is 0.227 e. The van der Waals surface area contributed by atoms with Crippen molar-refractivity contribution in [1.29, 1.82) is 0 Å². The quantitative estimate of drug-likeness (QED) is 0.571. The van der Waals surface area contributed by atoms with E-state index in [1.54, 1.807) is 7.05 Å². The predicted molar refractivity (Wildman–Crippen MR) is 116 cm³/mol. The van der Waals surface area contributed by atoms with Crippen LogP contribution in [-0.2, 0) is 11.3 Å². The van der Waals surface area contributed by atoms with Gasteiger partial charge >= 0.3 is 0 Å². The van der Waals surface area contributed by atoms with Crippen molar-refractivity contribution >= 4 is 17.6 Å². The molecule has 3 rings (SSSR count).